The van der Waals surface area contributed by atoms with Crippen LogP contribution in [0, 0.1) is 10.1 Å². The molecule has 0 atom stereocenters. The standard InChI is InChI=1S/C8H8INO3/c1-13-8-3-2-6(5-9)4-7(8)10(11)12/h2-4H,5H2,1H3. The summed E-state index contributed by atoms with van der Waals surface area (Å²) in [5.74, 6) is 0.304. The Labute approximate surface area is 89.2 Å². The first kappa shape index (κ1) is 10.2. The van der Waals surface area contributed by atoms with Gasteiger partial charge in [0.05, 0.1) is 12.0 Å². The van der Waals surface area contributed by atoms with Gasteiger partial charge in [0, 0.05) is 10.5 Å². The predicted octanol–water partition coefficient (Wildman–Crippen LogP) is 2.54. The van der Waals surface area contributed by atoms with Gasteiger partial charge >= 0.3 is 5.69 Å². The number of hydrogen-bond acceptors (Lipinski definition) is 3. The van der Waals surface area contributed by atoms with Crippen LogP contribution in [-0.4, -0.2) is 12.0 Å². The Morgan fingerprint density at radius 1 is 1.62 bits per heavy atom. The molecule has 70 valence electrons. The summed E-state index contributed by atoms with van der Waals surface area (Å²) in [5.41, 5.74) is 0.949. The first-order chi connectivity index (χ1) is 6.19. The molecule has 0 bridgehead atoms. The number of rotatable bonds is 3. The molecule has 0 fully saturated rings. The molecule has 0 saturated carbocycles. The van der Waals surface area contributed by atoms with Gasteiger partial charge < -0.3 is 4.74 Å². The van der Waals surface area contributed by atoms with Crippen molar-refractivity contribution in [3.8, 4) is 5.75 Å². The zero-order valence-corrected chi connectivity index (χ0v) is 9.15. The fraction of sp³-hybridized carbons (Fsp3) is 0.250. The second-order valence-electron chi connectivity index (χ2n) is 2.40. The van der Waals surface area contributed by atoms with Gasteiger partial charge in [-0.1, -0.05) is 28.7 Å². The first-order valence-electron chi connectivity index (χ1n) is 3.56. The van der Waals surface area contributed by atoms with Crippen LogP contribution in [-0.2, 0) is 4.43 Å². The van der Waals surface area contributed by atoms with Crippen molar-refractivity contribution < 1.29 is 9.66 Å². The van der Waals surface area contributed by atoms with E-state index in [0.717, 1.165) is 9.99 Å². The molecule has 0 saturated heterocycles. The van der Waals surface area contributed by atoms with Crippen molar-refractivity contribution in [3.63, 3.8) is 0 Å². The largest absolute Gasteiger partial charge is 0.490 e. The predicted molar refractivity (Wildman–Crippen MR) is 57.4 cm³/mol. The van der Waals surface area contributed by atoms with E-state index in [1.54, 1.807) is 6.07 Å². The number of nitro groups is 1. The summed E-state index contributed by atoms with van der Waals surface area (Å²) in [4.78, 5) is 10.1. The number of nitro benzene ring substituents is 1. The fourth-order valence-corrected chi connectivity index (χ4v) is 1.44. The minimum absolute atomic E-state index is 0.0247. The molecule has 5 heteroatoms. The SMILES string of the molecule is COc1ccc(CI)cc1[N+](=O)[O-]. The lowest BCUT2D eigenvalue weighted by atomic mass is 10.2. The van der Waals surface area contributed by atoms with E-state index in [-0.39, 0.29) is 5.69 Å². The third-order valence-corrected chi connectivity index (χ3v) is 2.48. The van der Waals surface area contributed by atoms with Gasteiger partial charge in [0.1, 0.15) is 0 Å². The highest BCUT2D eigenvalue weighted by molar-refractivity contribution is 14.1. The van der Waals surface area contributed by atoms with Crippen molar-refractivity contribution in [2.24, 2.45) is 0 Å². The maximum Gasteiger partial charge on any atom is 0.311 e. The molecule has 1 aromatic rings. The van der Waals surface area contributed by atoms with Crippen molar-refractivity contribution >= 4 is 28.3 Å². The zero-order valence-electron chi connectivity index (χ0n) is 6.99. The second-order valence-corrected chi connectivity index (χ2v) is 3.16. The van der Waals surface area contributed by atoms with E-state index in [4.69, 9.17) is 4.74 Å². The van der Waals surface area contributed by atoms with Crippen molar-refractivity contribution in [2.75, 3.05) is 7.11 Å². The van der Waals surface area contributed by atoms with Gasteiger partial charge in [-0.05, 0) is 11.6 Å². The number of ether oxygens (including phenoxy) is 1. The van der Waals surface area contributed by atoms with Crippen LogP contribution in [0.1, 0.15) is 5.56 Å². The molecule has 0 N–H and O–H groups in total. The van der Waals surface area contributed by atoms with E-state index in [0.29, 0.717) is 5.75 Å². The quantitative estimate of drug-likeness (QED) is 0.372. The van der Waals surface area contributed by atoms with Crippen molar-refractivity contribution in [3.05, 3.63) is 33.9 Å². The van der Waals surface area contributed by atoms with Crippen molar-refractivity contribution in [1.29, 1.82) is 0 Å². The van der Waals surface area contributed by atoms with Crippen LogP contribution in [0.2, 0.25) is 0 Å². The third-order valence-electron chi connectivity index (χ3n) is 1.59. The first-order valence-corrected chi connectivity index (χ1v) is 5.09. The molecule has 1 rings (SSSR count). The molecule has 0 unspecified atom stereocenters. The Bertz CT molecular complexity index is 327. The molecule has 4 nitrogen and oxygen atoms in total. The highest BCUT2D eigenvalue weighted by atomic mass is 127. The summed E-state index contributed by atoms with van der Waals surface area (Å²) in [6.07, 6.45) is 0. The Morgan fingerprint density at radius 3 is 2.77 bits per heavy atom. The summed E-state index contributed by atoms with van der Waals surface area (Å²) in [6.45, 7) is 0. The molecular formula is C8H8INO3. The maximum absolute atomic E-state index is 10.6. The van der Waals surface area contributed by atoms with Crippen LogP contribution >= 0.6 is 22.6 Å². The third kappa shape index (κ3) is 2.30. The monoisotopic (exact) mass is 293 g/mol. The molecule has 0 radical (unpaired) electrons. The van der Waals surface area contributed by atoms with Crippen molar-refractivity contribution in [2.45, 2.75) is 4.43 Å². The van der Waals surface area contributed by atoms with Gasteiger partial charge in [-0.25, -0.2) is 0 Å². The molecule has 13 heavy (non-hydrogen) atoms. The average molecular weight is 293 g/mol. The van der Waals surface area contributed by atoms with Gasteiger partial charge in [0.25, 0.3) is 0 Å². The summed E-state index contributed by atoms with van der Waals surface area (Å²) < 4.78 is 5.61. The van der Waals surface area contributed by atoms with E-state index >= 15 is 0 Å². The van der Waals surface area contributed by atoms with Crippen molar-refractivity contribution in [1.82, 2.24) is 0 Å². The molecule has 0 aliphatic rings. The van der Waals surface area contributed by atoms with Crippen LogP contribution in [0.3, 0.4) is 0 Å². The molecule has 1 aromatic carbocycles. The molecule has 0 aliphatic heterocycles. The summed E-state index contributed by atoms with van der Waals surface area (Å²) in [7, 11) is 1.42. The Balaban J connectivity index is 3.18. The van der Waals surface area contributed by atoms with Gasteiger partial charge in [-0.3, -0.25) is 10.1 Å². The average Bonchev–Trinajstić information content (AvgIpc) is 2.16. The summed E-state index contributed by atoms with van der Waals surface area (Å²) in [5, 5.41) is 10.6. The lowest BCUT2D eigenvalue weighted by Crippen LogP contribution is -1.94. The van der Waals surface area contributed by atoms with Gasteiger partial charge in [0.15, 0.2) is 5.75 Å². The zero-order chi connectivity index (χ0) is 9.84. The van der Waals surface area contributed by atoms with Crippen LogP contribution < -0.4 is 4.74 Å². The summed E-state index contributed by atoms with van der Waals surface area (Å²) >= 11 is 2.15. The molecule has 0 amide bonds. The number of methoxy groups -OCH3 is 1. The molecule has 0 aromatic heterocycles. The van der Waals surface area contributed by atoms with Gasteiger partial charge in [-0.2, -0.15) is 0 Å². The summed E-state index contributed by atoms with van der Waals surface area (Å²) in [6, 6.07) is 4.97. The molecule has 0 heterocycles. The molecule has 0 spiro atoms. The lowest BCUT2D eigenvalue weighted by Gasteiger charge is -2.02. The second kappa shape index (κ2) is 4.40. The minimum Gasteiger partial charge on any atom is -0.490 e. The topological polar surface area (TPSA) is 52.4 Å². The Morgan fingerprint density at radius 2 is 2.31 bits per heavy atom. The molecule has 0 aliphatic carbocycles. The normalized spacial score (nSPS) is 9.69. The number of benzene rings is 1. The number of nitrogens with zero attached hydrogens (tertiary/aromatic N) is 1. The van der Waals surface area contributed by atoms with E-state index in [9.17, 15) is 10.1 Å². The fourth-order valence-electron chi connectivity index (χ4n) is 0.961. The van der Waals surface area contributed by atoms with E-state index in [1.807, 2.05) is 6.07 Å². The van der Waals surface area contributed by atoms with Crippen LogP contribution in [0.4, 0.5) is 5.69 Å². The highest BCUT2D eigenvalue weighted by Crippen LogP contribution is 2.28. The van der Waals surface area contributed by atoms with E-state index in [2.05, 4.69) is 22.6 Å². The van der Waals surface area contributed by atoms with E-state index in [1.165, 1.54) is 13.2 Å². The number of halogens is 1. The smallest absolute Gasteiger partial charge is 0.311 e. The van der Waals surface area contributed by atoms with Crippen LogP contribution in [0.15, 0.2) is 18.2 Å². The van der Waals surface area contributed by atoms with Gasteiger partial charge in [0.2, 0.25) is 0 Å². The van der Waals surface area contributed by atoms with E-state index < -0.39 is 4.92 Å². The number of hydrogen-bond donors (Lipinski definition) is 0. The van der Waals surface area contributed by atoms with Crippen LogP contribution in [0.25, 0.3) is 0 Å². The van der Waals surface area contributed by atoms with Crippen LogP contribution in [0.5, 0.6) is 5.75 Å². The maximum atomic E-state index is 10.6. The minimum atomic E-state index is -0.436. The highest BCUT2D eigenvalue weighted by Gasteiger charge is 2.14. The van der Waals surface area contributed by atoms with Gasteiger partial charge in [-0.15, -0.1) is 0 Å². The number of alkyl halides is 1. The molecular weight excluding hydrogens is 285 g/mol. The lowest BCUT2D eigenvalue weighted by molar-refractivity contribution is -0.385. The Kier molecular flexibility index (Phi) is 3.47. The Hall–Kier alpha value is -0.850.